The Hall–Kier alpha value is -2.79. The molecule has 4 unspecified atom stereocenters. The third kappa shape index (κ3) is 3.41. The maximum Gasteiger partial charge on any atom is 0.408 e. The molecule has 3 aliphatic rings. The van der Waals surface area contributed by atoms with E-state index in [1.807, 2.05) is 5.32 Å². The molecule has 166 valence electrons. The molecule has 2 amide bonds. The van der Waals surface area contributed by atoms with Gasteiger partial charge in [-0.25, -0.2) is 18.3 Å². The molecule has 7 nitrogen and oxygen atoms in total. The molecule has 2 aliphatic carbocycles. The Morgan fingerprint density at radius 1 is 1.35 bits per heavy atom. The number of nitrogens with zero attached hydrogens (tertiary/aromatic N) is 3. The van der Waals surface area contributed by atoms with Crippen molar-refractivity contribution in [3.05, 3.63) is 29.7 Å². The summed E-state index contributed by atoms with van der Waals surface area (Å²) in [6.07, 6.45) is -1.73. The lowest BCUT2D eigenvalue weighted by atomic mass is 9.97. The fourth-order valence-corrected chi connectivity index (χ4v) is 4.48. The topological polar surface area (TPSA) is 88.4 Å². The van der Waals surface area contributed by atoms with Crippen LogP contribution in [-0.4, -0.2) is 44.6 Å². The minimum absolute atomic E-state index is 0.0496. The monoisotopic (exact) mass is 443 g/mol. The Balaban J connectivity index is 1.21. The number of fused-ring (bicyclic) bond motifs is 1. The molecule has 31 heavy (non-hydrogen) atoms. The molecule has 1 aliphatic heterocycles. The Kier molecular flexibility index (Phi) is 4.13. The number of carbonyl (C=O) groups is 2. The van der Waals surface area contributed by atoms with Crippen LogP contribution in [-0.2, 0) is 22.6 Å². The Morgan fingerprint density at radius 3 is 2.71 bits per heavy atom. The lowest BCUT2D eigenvalue weighted by molar-refractivity contribution is -0.154. The van der Waals surface area contributed by atoms with Gasteiger partial charge in [0.05, 0.1) is 36.0 Å². The van der Waals surface area contributed by atoms with Crippen molar-refractivity contribution in [2.75, 3.05) is 0 Å². The molecule has 3 heterocycles. The molecule has 1 saturated heterocycles. The minimum atomic E-state index is -4.48. The van der Waals surface area contributed by atoms with Gasteiger partial charge in [0, 0.05) is 12.3 Å². The number of imidazole rings is 1. The van der Waals surface area contributed by atoms with Gasteiger partial charge in [-0.3, -0.25) is 9.59 Å². The van der Waals surface area contributed by atoms with Gasteiger partial charge in [0.1, 0.15) is 6.04 Å². The molecule has 12 heteroatoms. The predicted molar refractivity (Wildman–Crippen MR) is 94.7 cm³/mol. The highest BCUT2D eigenvalue weighted by atomic mass is 19.4. The number of hydrogen-bond acceptors (Lipinski definition) is 4. The average Bonchev–Trinajstić information content (AvgIpc) is 3.36. The standard InChI is InChI=1S/C19H18F5N5O2/c20-18(21)8-17(18)4-12(17)16(31)25-6-11-7-29-14(27-11)2-9(5-26-29)1-10-3-13(19(22,23)24)28-15(10)30/h2,5,7,10,12-13H,1,3-4,6,8H2,(H,25,31)(H,28,30). The second kappa shape index (κ2) is 6.36. The van der Waals surface area contributed by atoms with Crippen LogP contribution in [0.4, 0.5) is 22.0 Å². The normalized spacial score (nSPS) is 31.1. The van der Waals surface area contributed by atoms with Gasteiger partial charge in [-0.05, 0) is 30.9 Å². The first kappa shape index (κ1) is 20.1. The highest BCUT2D eigenvalue weighted by molar-refractivity contribution is 5.84. The van der Waals surface area contributed by atoms with Gasteiger partial charge >= 0.3 is 6.18 Å². The number of rotatable bonds is 5. The van der Waals surface area contributed by atoms with Crippen molar-refractivity contribution in [2.24, 2.45) is 17.3 Å². The van der Waals surface area contributed by atoms with Crippen LogP contribution in [0.15, 0.2) is 18.5 Å². The van der Waals surface area contributed by atoms with Crippen LogP contribution in [0.2, 0.25) is 0 Å². The fraction of sp³-hybridized carbons (Fsp3) is 0.579. The molecule has 2 N–H and O–H groups in total. The summed E-state index contributed by atoms with van der Waals surface area (Å²) in [6.45, 7) is 0.0496. The average molecular weight is 443 g/mol. The lowest BCUT2D eigenvalue weighted by Gasteiger charge is -2.13. The second-order valence-corrected chi connectivity index (χ2v) is 8.65. The molecular weight excluding hydrogens is 425 g/mol. The summed E-state index contributed by atoms with van der Waals surface area (Å²) in [5.74, 6) is -5.28. The van der Waals surface area contributed by atoms with Gasteiger partial charge in [-0.1, -0.05) is 0 Å². The van der Waals surface area contributed by atoms with E-state index in [-0.39, 0.29) is 32.2 Å². The van der Waals surface area contributed by atoms with E-state index in [9.17, 15) is 31.5 Å². The van der Waals surface area contributed by atoms with Crippen molar-refractivity contribution in [3.63, 3.8) is 0 Å². The van der Waals surface area contributed by atoms with Crippen molar-refractivity contribution in [1.29, 1.82) is 0 Å². The molecule has 5 rings (SSSR count). The highest BCUT2D eigenvalue weighted by Crippen LogP contribution is 2.79. The number of alkyl halides is 5. The van der Waals surface area contributed by atoms with E-state index in [0.717, 1.165) is 0 Å². The minimum Gasteiger partial charge on any atom is -0.350 e. The van der Waals surface area contributed by atoms with Crippen molar-refractivity contribution < 1.29 is 31.5 Å². The van der Waals surface area contributed by atoms with E-state index in [2.05, 4.69) is 15.4 Å². The summed E-state index contributed by atoms with van der Waals surface area (Å²) in [5.41, 5.74) is 0.298. The van der Waals surface area contributed by atoms with Gasteiger partial charge < -0.3 is 10.6 Å². The largest absolute Gasteiger partial charge is 0.408 e. The lowest BCUT2D eigenvalue weighted by Crippen LogP contribution is -2.38. The number of aromatic nitrogens is 3. The molecular formula is C19H18F5N5O2. The van der Waals surface area contributed by atoms with Crippen LogP contribution >= 0.6 is 0 Å². The van der Waals surface area contributed by atoms with Crippen LogP contribution < -0.4 is 10.6 Å². The molecule has 2 aromatic heterocycles. The van der Waals surface area contributed by atoms with Gasteiger partial charge in [0.15, 0.2) is 5.65 Å². The van der Waals surface area contributed by atoms with Crippen molar-refractivity contribution in [1.82, 2.24) is 25.2 Å². The molecule has 0 radical (unpaired) electrons. The summed E-state index contributed by atoms with van der Waals surface area (Å²) in [5, 5.41) is 8.74. The third-order valence-electron chi connectivity index (χ3n) is 6.49. The maximum atomic E-state index is 13.3. The SMILES string of the molecule is O=C1NC(C(F)(F)F)CC1Cc1cnn2cc(CNC(=O)C3CC34CC4(F)F)nc2c1. The van der Waals surface area contributed by atoms with Gasteiger partial charge in [-0.15, -0.1) is 0 Å². The number of hydrogen-bond donors (Lipinski definition) is 2. The van der Waals surface area contributed by atoms with Gasteiger partial charge in [0.25, 0.3) is 5.92 Å². The summed E-state index contributed by atoms with van der Waals surface area (Å²) in [6, 6.07) is -0.225. The van der Waals surface area contributed by atoms with E-state index < -0.39 is 47.2 Å². The summed E-state index contributed by atoms with van der Waals surface area (Å²) in [4.78, 5) is 28.3. The highest BCUT2D eigenvalue weighted by Gasteiger charge is 2.85. The van der Waals surface area contributed by atoms with Crippen LogP contribution in [0.25, 0.3) is 5.65 Å². The predicted octanol–water partition coefficient (Wildman–Crippen LogP) is 2.00. The number of carbonyl (C=O) groups excluding carboxylic acids is 2. The zero-order chi connectivity index (χ0) is 22.2. The summed E-state index contributed by atoms with van der Waals surface area (Å²) in [7, 11) is 0. The molecule has 0 bridgehead atoms. The summed E-state index contributed by atoms with van der Waals surface area (Å²) < 4.78 is 66.5. The first-order chi connectivity index (χ1) is 14.5. The molecule has 2 saturated carbocycles. The number of nitrogens with one attached hydrogen (secondary N) is 2. The zero-order valence-electron chi connectivity index (χ0n) is 16.0. The van der Waals surface area contributed by atoms with E-state index >= 15 is 0 Å². The van der Waals surface area contributed by atoms with Crippen LogP contribution in [0.3, 0.4) is 0 Å². The van der Waals surface area contributed by atoms with Gasteiger partial charge in [0.2, 0.25) is 11.8 Å². The van der Waals surface area contributed by atoms with E-state index in [1.165, 1.54) is 10.7 Å². The van der Waals surface area contributed by atoms with Crippen molar-refractivity contribution in [3.8, 4) is 0 Å². The maximum absolute atomic E-state index is 13.3. The second-order valence-electron chi connectivity index (χ2n) is 8.65. The molecule has 2 aromatic rings. The summed E-state index contributed by atoms with van der Waals surface area (Å²) >= 11 is 0. The van der Waals surface area contributed by atoms with E-state index in [4.69, 9.17) is 0 Å². The van der Waals surface area contributed by atoms with Crippen molar-refractivity contribution >= 4 is 17.5 Å². The van der Waals surface area contributed by atoms with Crippen LogP contribution in [0.5, 0.6) is 0 Å². The number of halogens is 5. The molecule has 1 spiro atoms. The van der Waals surface area contributed by atoms with Crippen molar-refractivity contribution in [2.45, 2.75) is 50.4 Å². The Labute approximate surface area is 172 Å². The Bertz CT molecular complexity index is 1080. The third-order valence-corrected chi connectivity index (χ3v) is 6.49. The van der Waals surface area contributed by atoms with E-state index in [1.54, 1.807) is 12.3 Å². The molecule has 4 atom stereocenters. The molecule has 0 aromatic carbocycles. The Morgan fingerprint density at radius 2 is 2.10 bits per heavy atom. The molecule has 3 fully saturated rings. The first-order valence-corrected chi connectivity index (χ1v) is 9.84. The fourth-order valence-electron chi connectivity index (χ4n) is 4.48. The van der Waals surface area contributed by atoms with Crippen LogP contribution in [0.1, 0.15) is 30.5 Å². The smallest absolute Gasteiger partial charge is 0.350 e. The first-order valence-electron chi connectivity index (χ1n) is 9.84. The van der Waals surface area contributed by atoms with E-state index in [0.29, 0.717) is 16.9 Å². The quantitative estimate of drug-likeness (QED) is 0.692. The number of amides is 2. The van der Waals surface area contributed by atoms with Gasteiger partial charge in [-0.2, -0.15) is 18.3 Å². The van der Waals surface area contributed by atoms with Crippen LogP contribution in [0, 0.1) is 17.3 Å². The zero-order valence-corrected chi connectivity index (χ0v) is 16.0.